The predicted octanol–water partition coefficient (Wildman–Crippen LogP) is 0.0574. The second-order valence-corrected chi connectivity index (χ2v) is 5.93. The molecule has 1 aromatic heterocycles. The van der Waals surface area contributed by atoms with Gasteiger partial charge in [-0.15, -0.1) is 10.2 Å². The van der Waals surface area contributed by atoms with Gasteiger partial charge in [0.05, 0.1) is 0 Å². The molecular weight excluding hydrogens is 285 g/mol. The summed E-state index contributed by atoms with van der Waals surface area (Å²) in [5, 5.41) is 7.50. The fourth-order valence-electron chi connectivity index (χ4n) is 1.63. The summed E-state index contributed by atoms with van der Waals surface area (Å²) >= 11 is 0. The predicted molar refractivity (Wildman–Crippen MR) is 70.7 cm³/mol. The number of hydrogen-bond donors (Lipinski definition) is 2. The van der Waals surface area contributed by atoms with Crippen LogP contribution in [0.1, 0.15) is 5.82 Å². The van der Waals surface area contributed by atoms with Crippen molar-refractivity contribution in [3.8, 4) is 0 Å². The van der Waals surface area contributed by atoms with Gasteiger partial charge in [-0.05, 0) is 18.2 Å². The highest BCUT2D eigenvalue weighted by Crippen LogP contribution is 2.17. The third kappa shape index (κ3) is 3.11. The van der Waals surface area contributed by atoms with Gasteiger partial charge in [0.2, 0.25) is 10.0 Å². The van der Waals surface area contributed by atoms with Gasteiger partial charge < -0.3 is 10.3 Å². The lowest BCUT2D eigenvalue weighted by Crippen LogP contribution is -2.27. The zero-order chi connectivity index (χ0) is 14.8. The van der Waals surface area contributed by atoms with Crippen LogP contribution < -0.4 is 10.5 Å². The highest BCUT2D eigenvalue weighted by atomic mass is 32.2. The van der Waals surface area contributed by atoms with Crippen molar-refractivity contribution in [2.24, 2.45) is 7.05 Å². The lowest BCUT2D eigenvalue weighted by Gasteiger charge is -2.08. The van der Waals surface area contributed by atoms with E-state index >= 15 is 0 Å². The smallest absolute Gasteiger partial charge is 0.243 e. The molecule has 1 aromatic carbocycles. The van der Waals surface area contributed by atoms with E-state index in [1.165, 1.54) is 12.4 Å². The minimum Gasteiger partial charge on any atom is -0.399 e. The monoisotopic (exact) mass is 299 g/mol. The van der Waals surface area contributed by atoms with Crippen LogP contribution >= 0.6 is 0 Å². The summed E-state index contributed by atoms with van der Waals surface area (Å²) in [6, 6.07) is 3.40. The van der Waals surface area contributed by atoms with E-state index in [1.54, 1.807) is 11.6 Å². The second kappa shape index (κ2) is 5.55. The van der Waals surface area contributed by atoms with Gasteiger partial charge in [-0.1, -0.05) is 0 Å². The van der Waals surface area contributed by atoms with E-state index in [9.17, 15) is 12.8 Å². The first kappa shape index (κ1) is 14.4. The number of hydrogen-bond acceptors (Lipinski definition) is 5. The Morgan fingerprint density at radius 1 is 1.45 bits per heavy atom. The Hall–Kier alpha value is -2.00. The number of aromatic nitrogens is 3. The van der Waals surface area contributed by atoms with E-state index in [0.29, 0.717) is 12.2 Å². The van der Waals surface area contributed by atoms with Crippen LogP contribution in [-0.2, 0) is 23.5 Å². The molecule has 9 heteroatoms. The van der Waals surface area contributed by atoms with Crippen LogP contribution in [0.15, 0.2) is 29.4 Å². The Morgan fingerprint density at radius 3 is 2.85 bits per heavy atom. The van der Waals surface area contributed by atoms with Crippen LogP contribution in [0.3, 0.4) is 0 Å². The van der Waals surface area contributed by atoms with E-state index in [-0.39, 0.29) is 12.2 Å². The topological polar surface area (TPSA) is 103 Å². The molecule has 0 spiro atoms. The number of rotatable bonds is 5. The molecule has 0 fully saturated rings. The van der Waals surface area contributed by atoms with Gasteiger partial charge >= 0.3 is 0 Å². The van der Waals surface area contributed by atoms with Crippen molar-refractivity contribution < 1.29 is 12.8 Å². The first-order valence-corrected chi connectivity index (χ1v) is 7.26. The molecule has 0 aliphatic carbocycles. The van der Waals surface area contributed by atoms with Crippen molar-refractivity contribution in [2.75, 3.05) is 12.3 Å². The van der Waals surface area contributed by atoms with E-state index in [4.69, 9.17) is 5.73 Å². The van der Waals surface area contributed by atoms with Crippen molar-refractivity contribution in [3.05, 3.63) is 36.2 Å². The summed E-state index contributed by atoms with van der Waals surface area (Å²) < 4.78 is 41.4. The van der Waals surface area contributed by atoms with Crippen molar-refractivity contribution in [2.45, 2.75) is 11.3 Å². The number of nitrogens with one attached hydrogen (secondary N) is 1. The molecule has 20 heavy (non-hydrogen) atoms. The number of nitrogens with zero attached hydrogens (tertiary/aromatic N) is 3. The molecule has 3 N–H and O–H groups in total. The molecule has 0 radical (unpaired) electrons. The quantitative estimate of drug-likeness (QED) is 0.760. The molecule has 0 atom stereocenters. The van der Waals surface area contributed by atoms with Gasteiger partial charge in [0, 0.05) is 25.7 Å². The molecule has 0 amide bonds. The van der Waals surface area contributed by atoms with Crippen LogP contribution in [0.4, 0.5) is 10.1 Å². The number of aryl methyl sites for hydroxylation is 1. The van der Waals surface area contributed by atoms with E-state index in [2.05, 4.69) is 14.9 Å². The first-order valence-electron chi connectivity index (χ1n) is 5.78. The third-order valence-electron chi connectivity index (χ3n) is 2.69. The maximum Gasteiger partial charge on any atom is 0.243 e. The minimum absolute atomic E-state index is 0.0864. The van der Waals surface area contributed by atoms with Gasteiger partial charge in [-0.3, -0.25) is 0 Å². The third-order valence-corrected chi connectivity index (χ3v) is 4.17. The first-order chi connectivity index (χ1) is 9.40. The molecule has 0 saturated carbocycles. The number of nitrogens with two attached hydrogens (primary N) is 1. The number of benzene rings is 1. The van der Waals surface area contributed by atoms with E-state index in [0.717, 1.165) is 12.1 Å². The summed E-state index contributed by atoms with van der Waals surface area (Å²) in [6.45, 7) is 0.0864. The summed E-state index contributed by atoms with van der Waals surface area (Å²) in [6.07, 6.45) is 1.86. The van der Waals surface area contributed by atoms with Gasteiger partial charge in [0.1, 0.15) is 22.9 Å². The Labute approximate surface area is 115 Å². The van der Waals surface area contributed by atoms with Crippen LogP contribution in [0.2, 0.25) is 0 Å². The maximum atomic E-state index is 13.5. The molecule has 2 rings (SSSR count). The fraction of sp³-hybridized carbons (Fsp3) is 0.273. The number of anilines is 1. The van der Waals surface area contributed by atoms with Crippen LogP contribution in [0.5, 0.6) is 0 Å². The minimum atomic E-state index is -3.94. The average molecular weight is 299 g/mol. The summed E-state index contributed by atoms with van der Waals surface area (Å²) in [5.41, 5.74) is 5.65. The second-order valence-electron chi connectivity index (χ2n) is 4.20. The molecule has 108 valence electrons. The maximum absolute atomic E-state index is 13.5. The number of halogens is 1. The SMILES string of the molecule is Cn1cnnc1CCNS(=O)(=O)c1cc(N)ccc1F. The van der Waals surface area contributed by atoms with Gasteiger partial charge in [-0.25, -0.2) is 17.5 Å². The molecule has 0 aliphatic heterocycles. The Balaban J connectivity index is 2.08. The zero-order valence-electron chi connectivity index (χ0n) is 10.7. The number of sulfonamides is 1. The van der Waals surface area contributed by atoms with Crippen molar-refractivity contribution in [1.82, 2.24) is 19.5 Å². The number of nitrogen functional groups attached to an aromatic ring is 1. The van der Waals surface area contributed by atoms with Crippen LogP contribution in [0, 0.1) is 5.82 Å². The Bertz CT molecular complexity index is 713. The normalized spacial score (nSPS) is 11.7. The molecular formula is C11H14FN5O2S. The summed E-state index contributed by atoms with van der Waals surface area (Å²) in [7, 11) is -2.19. The van der Waals surface area contributed by atoms with Crippen molar-refractivity contribution in [1.29, 1.82) is 0 Å². The lowest BCUT2D eigenvalue weighted by atomic mass is 10.3. The lowest BCUT2D eigenvalue weighted by molar-refractivity contribution is 0.556. The summed E-state index contributed by atoms with van der Waals surface area (Å²) in [5.74, 6) is -0.217. The molecule has 0 unspecified atom stereocenters. The Kier molecular flexibility index (Phi) is 4.00. The molecule has 1 heterocycles. The largest absolute Gasteiger partial charge is 0.399 e. The highest BCUT2D eigenvalue weighted by molar-refractivity contribution is 7.89. The highest BCUT2D eigenvalue weighted by Gasteiger charge is 2.19. The van der Waals surface area contributed by atoms with Crippen LogP contribution in [-0.4, -0.2) is 29.7 Å². The fourth-order valence-corrected chi connectivity index (χ4v) is 2.78. The van der Waals surface area contributed by atoms with Crippen molar-refractivity contribution >= 4 is 15.7 Å². The van der Waals surface area contributed by atoms with E-state index in [1.807, 2.05) is 0 Å². The van der Waals surface area contributed by atoms with Gasteiger partial charge in [0.15, 0.2) is 0 Å². The van der Waals surface area contributed by atoms with Crippen LogP contribution in [0.25, 0.3) is 0 Å². The average Bonchev–Trinajstić information content (AvgIpc) is 2.78. The van der Waals surface area contributed by atoms with Crippen molar-refractivity contribution in [3.63, 3.8) is 0 Å². The van der Waals surface area contributed by atoms with Gasteiger partial charge in [-0.2, -0.15) is 0 Å². The molecule has 2 aromatic rings. The van der Waals surface area contributed by atoms with E-state index < -0.39 is 20.7 Å². The molecule has 0 saturated heterocycles. The molecule has 0 bridgehead atoms. The zero-order valence-corrected chi connectivity index (χ0v) is 11.6. The molecule has 7 nitrogen and oxygen atoms in total. The molecule has 0 aliphatic rings. The van der Waals surface area contributed by atoms with Gasteiger partial charge in [0.25, 0.3) is 0 Å². The Morgan fingerprint density at radius 2 is 2.20 bits per heavy atom. The standard InChI is InChI=1S/C11H14FN5O2S/c1-17-7-14-16-11(17)4-5-15-20(18,19)10-6-8(13)2-3-9(10)12/h2-3,6-7,15H,4-5,13H2,1H3. The summed E-state index contributed by atoms with van der Waals surface area (Å²) in [4.78, 5) is -0.463.